The van der Waals surface area contributed by atoms with Crippen LogP contribution >= 0.6 is 0 Å². The van der Waals surface area contributed by atoms with Crippen LogP contribution in [0.25, 0.3) is 0 Å². The summed E-state index contributed by atoms with van der Waals surface area (Å²) in [7, 11) is 0. The number of carbonyl (C=O) groups is 1. The van der Waals surface area contributed by atoms with Crippen molar-refractivity contribution in [2.24, 2.45) is 16.8 Å². The van der Waals surface area contributed by atoms with Gasteiger partial charge in [0, 0.05) is 6.54 Å². The Morgan fingerprint density at radius 3 is 1.65 bits per heavy atom. The van der Waals surface area contributed by atoms with Crippen molar-refractivity contribution in [3.05, 3.63) is 0 Å². The van der Waals surface area contributed by atoms with Crippen LogP contribution in [0.2, 0.25) is 0 Å². The Kier molecular flexibility index (Phi) is 17.6. The topological polar surface area (TPSA) is 87.7 Å². The van der Waals surface area contributed by atoms with Crippen molar-refractivity contribution >= 4 is 11.7 Å². The van der Waals surface area contributed by atoms with E-state index in [1.807, 2.05) is 6.92 Å². The molecule has 26 heavy (non-hydrogen) atoms. The molecule has 0 aromatic heterocycles. The van der Waals surface area contributed by atoms with Crippen LogP contribution in [0.4, 0.5) is 0 Å². The first kappa shape index (κ1) is 24.7. The van der Waals surface area contributed by atoms with Crippen LogP contribution in [0.1, 0.15) is 110 Å². The van der Waals surface area contributed by atoms with Crippen LogP contribution in [0, 0.1) is 5.92 Å². The molecule has 0 heterocycles. The molecule has 5 heteroatoms. The second kappa shape index (κ2) is 18.5. The van der Waals surface area contributed by atoms with Gasteiger partial charge in [-0.25, -0.2) is 0 Å². The molecule has 0 aliphatic rings. The summed E-state index contributed by atoms with van der Waals surface area (Å²) in [6.07, 6.45) is 19.1. The average molecular weight is 370 g/mol. The molecule has 0 aromatic carbocycles. The van der Waals surface area contributed by atoms with Gasteiger partial charge in [0.15, 0.2) is 5.84 Å². The maximum absolute atomic E-state index is 11.9. The molecule has 0 fully saturated rings. The number of oxime groups is 1. The van der Waals surface area contributed by atoms with E-state index in [2.05, 4.69) is 17.4 Å². The molecule has 1 unspecified atom stereocenters. The SMILES string of the molecule is CCCCCCCCCCCCCCCCNC(=O)C(CC)/C(N)=N/O. The molecule has 1 atom stereocenters. The third kappa shape index (κ3) is 14.0. The van der Waals surface area contributed by atoms with Crippen molar-refractivity contribution in [3.8, 4) is 0 Å². The van der Waals surface area contributed by atoms with E-state index in [1.165, 1.54) is 77.0 Å². The van der Waals surface area contributed by atoms with E-state index in [1.54, 1.807) is 0 Å². The Balaban J connectivity index is 3.35. The summed E-state index contributed by atoms with van der Waals surface area (Å²) in [5.74, 6) is -0.671. The minimum atomic E-state index is -0.522. The molecule has 0 aliphatic carbocycles. The number of rotatable bonds is 18. The smallest absolute Gasteiger partial charge is 0.230 e. The van der Waals surface area contributed by atoms with E-state index in [-0.39, 0.29) is 11.7 Å². The number of hydrogen-bond donors (Lipinski definition) is 3. The minimum Gasteiger partial charge on any atom is -0.409 e. The van der Waals surface area contributed by atoms with Crippen LogP contribution in [-0.2, 0) is 4.79 Å². The van der Waals surface area contributed by atoms with Crippen molar-refractivity contribution in [1.82, 2.24) is 5.32 Å². The maximum Gasteiger partial charge on any atom is 0.230 e. The molecular formula is C21H43N3O2. The van der Waals surface area contributed by atoms with Gasteiger partial charge in [0.1, 0.15) is 0 Å². The molecule has 4 N–H and O–H groups in total. The highest BCUT2D eigenvalue weighted by molar-refractivity contribution is 6.01. The van der Waals surface area contributed by atoms with Crippen LogP contribution in [0.5, 0.6) is 0 Å². The quantitative estimate of drug-likeness (QED) is 0.0999. The third-order valence-corrected chi connectivity index (χ3v) is 5.03. The van der Waals surface area contributed by atoms with Gasteiger partial charge >= 0.3 is 0 Å². The third-order valence-electron chi connectivity index (χ3n) is 5.03. The number of nitrogens with two attached hydrogens (primary N) is 1. The van der Waals surface area contributed by atoms with Crippen LogP contribution in [-0.4, -0.2) is 23.5 Å². The summed E-state index contributed by atoms with van der Waals surface area (Å²) >= 11 is 0. The predicted molar refractivity (Wildman–Crippen MR) is 111 cm³/mol. The van der Waals surface area contributed by atoms with Gasteiger partial charge in [-0.05, 0) is 12.8 Å². The zero-order chi connectivity index (χ0) is 19.5. The lowest BCUT2D eigenvalue weighted by molar-refractivity contribution is -0.123. The number of hydrogen-bond acceptors (Lipinski definition) is 3. The summed E-state index contributed by atoms with van der Waals surface area (Å²) in [6.45, 7) is 4.80. The Labute approximate surface area is 161 Å². The fourth-order valence-corrected chi connectivity index (χ4v) is 3.25. The van der Waals surface area contributed by atoms with Crippen molar-refractivity contribution in [3.63, 3.8) is 0 Å². The highest BCUT2D eigenvalue weighted by Gasteiger charge is 2.20. The fourth-order valence-electron chi connectivity index (χ4n) is 3.25. The lowest BCUT2D eigenvalue weighted by Gasteiger charge is -2.13. The van der Waals surface area contributed by atoms with Crippen molar-refractivity contribution in [2.45, 2.75) is 110 Å². The van der Waals surface area contributed by atoms with Gasteiger partial charge in [-0.3, -0.25) is 4.79 Å². The molecule has 0 rings (SSSR count). The van der Waals surface area contributed by atoms with Gasteiger partial charge in [-0.2, -0.15) is 0 Å². The van der Waals surface area contributed by atoms with Crippen molar-refractivity contribution in [2.75, 3.05) is 6.54 Å². The fraction of sp³-hybridized carbons (Fsp3) is 0.905. The minimum absolute atomic E-state index is 0.00837. The maximum atomic E-state index is 11.9. The number of nitrogens with zero attached hydrogens (tertiary/aromatic N) is 1. The Hall–Kier alpha value is -1.26. The van der Waals surface area contributed by atoms with E-state index < -0.39 is 5.92 Å². The molecular weight excluding hydrogens is 326 g/mol. The zero-order valence-corrected chi connectivity index (χ0v) is 17.3. The van der Waals surface area contributed by atoms with Crippen LogP contribution < -0.4 is 11.1 Å². The standard InChI is InChI=1S/C21H43N3O2/c1-3-5-6-7-8-9-10-11-12-13-14-15-16-17-18-23-21(25)19(4-2)20(22)24-26/h19,26H,3-18H2,1-2H3,(H2,22,24)(H,23,25). The molecule has 1 amide bonds. The summed E-state index contributed by atoms with van der Waals surface area (Å²) in [5.41, 5.74) is 5.52. The summed E-state index contributed by atoms with van der Waals surface area (Å²) in [4.78, 5) is 11.9. The molecule has 0 aliphatic heterocycles. The summed E-state index contributed by atoms with van der Waals surface area (Å²) in [5, 5.41) is 14.5. The number of amidine groups is 1. The molecule has 0 spiro atoms. The Morgan fingerprint density at radius 2 is 1.27 bits per heavy atom. The molecule has 5 nitrogen and oxygen atoms in total. The highest BCUT2D eigenvalue weighted by atomic mass is 16.4. The summed E-state index contributed by atoms with van der Waals surface area (Å²) in [6, 6.07) is 0. The first-order valence-electron chi connectivity index (χ1n) is 10.9. The molecule has 0 radical (unpaired) electrons. The normalized spacial score (nSPS) is 12.9. The summed E-state index contributed by atoms with van der Waals surface area (Å²) < 4.78 is 0. The van der Waals surface area contributed by atoms with E-state index in [0.717, 1.165) is 12.8 Å². The number of amides is 1. The van der Waals surface area contributed by atoms with Crippen LogP contribution in [0.15, 0.2) is 5.16 Å². The second-order valence-electron chi connectivity index (χ2n) is 7.37. The van der Waals surface area contributed by atoms with Gasteiger partial charge in [0.05, 0.1) is 5.92 Å². The van der Waals surface area contributed by atoms with Gasteiger partial charge < -0.3 is 16.3 Å². The molecule has 154 valence electrons. The highest BCUT2D eigenvalue weighted by Crippen LogP contribution is 2.12. The van der Waals surface area contributed by atoms with Crippen molar-refractivity contribution in [1.29, 1.82) is 0 Å². The zero-order valence-electron chi connectivity index (χ0n) is 17.3. The van der Waals surface area contributed by atoms with E-state index in [0.29, 0.717) is 13.0 Å². The van der Waals surface area contributed by atoms with Crippen molar-refractivity contribution < 1.29 is 10.0 Å². The molecule has 0 saturated heterocycles. The van der Waals surface area contributed by atoms with E-state index >= 15 is 0 Å². The van der Waals surface area contributed by atoms with Gasteiger partial charge in [0.25, 0.3) is 0 Å². The van der Waals surface area contributed by atoms with Gasteiger partial charge in [-0.1, -0.05) is 102 Å². The lowest BCUT2D eigenvalue weighted by Crippen LogP contribution is -2.38. The lowest BCUT2D eigenvalue weighted by atomic mass is 10.0. The monoisotopic (exact) mass is 369 g/mol. The molecule has 0 aromatic rings. The van der Waals surface area contributed by atoms with E-state index in [9.17, 15) is 4.79 Å². The van der Waals surface area contributed by atoms with E-state index in [4.69, 9.17) is 10.9 Å². The Morgan fingerprint density at radius 1 is 0.846 bits per heavy atom. The number of unbranched alkanes of at least 4 members (excludes halogenated alkanes) is 13. The van der Waals surface area contributed by atoms with Crippen LogP contribution in [0.3, 0.4) is 0 Å². The first-order chi connectivity index (χ1) is 12.7. The predicted octanol–water partition coefficient (Wildman–Crippen LogP) is 5.36. The average Bonchev–Trinajstić information content (AvgIpc) is 2.65. The first-order valence-corrected chi connectivity index (χ1v) is 10.9. The van der Waals surface area contributed by atoms with Gasteiger partial charge in [0.2, 0.25) is 5.91 Å². The Bertz CT molecular complexity index is 359. The number of nitrogens with one attached hydrogen (secondary N) is 1. The second-order valence-corrected chi connectivity index (χ2v) is 7.37. The number of carbonyl (C=O) groups excluding carboxylic acids is 1. The van der Waals surface area contributed by atoms with Gasteiger partial charge in [-0.15, -0.1) is 0 Å². The largest absolute Gasteiger partial charge is 0.409 e. The molecule has 0 bridgehead atoms. The molecule has 0 saturated carbocycles.